The van der Waals surface area contributed by atoms with Gasteiger partial charge < -0.3 is 10.1 Å². The summed E-state index contributed by atoms with van der Waals surface area (Å²) in [6.45, 7) is 2.78. The number of rotatable bonds is 7. The van der Waals surface area contributed by atoms with Crippen molar-refractivity contribution in [1.82, 2.24) is 20.3 Å². The van der Waals surface area contributed by atoms with Crippen LogP contribution in [0.4, 0.5) is 5.69 Å². The first-order chi connectivity index (χ1) is 15.6. The van der Waals surface area contributed by atoms with Gasteiger partial charge >= 0.3 is 0 Å². The zero-order valence-corrected chi connectivity index (χ0v) is 18.4. The van der Waals surface area contributed by atoms with Crippen molar-refractivity contribution >= 4 is 40.0 Å². The van der Waals surface area contributed by atoms with E-state index in [1.165, 1.54) is 0 Å². The van der Waals surface area contributed by atoms with E-state index in [9.17, 15) is 4.79 Å². The molecule has 3 aromatic carbocycles. The van der Waals surface area contributed by atoms with Crippen LogP contribution >= 0.6 is 12.2 Å². The molecule has 4 aromatic rings. The van der Waals surface area contributed by atoms with Gasteiger partial charge in [-0.25, -0.2) is 0 Å². The van der Waals surface area contributed by atoms with Crippen molar-refractivity contribution in [2.45, 2.75) is 19.8 Å². The Balaban J connectivity index is 1.37. The molecule has 0 saturated carbocycles. The van der Waals surface area contributed by atoms with Crippen LogP contribution in [-0.2, 0) is 0 Å². The minimum Gasteiger partial charge on any atom is -0.494 e. The monoisotopic (exact) mass is 445 g/mol. The SMILES string of the molecule is CCCCOc1ccc(C(=O)NC(=S)Nc2ccc3nn(-c4ccccc4)nc3c2)cc1. The van der Waals surface area contributed by atoms with Crippen LogP contribution in [0.3, 0.4) is 0 Å². The molecular formula is C24H23N5O2S. The lowest BCUT2D eigenvalue weighted by Gasteiger charge is -2.10. The summed E-state index contributed by atoms with van der Waals surface area (Å²) in [5.41, 5.74) is 3.56. The Labute approximate surface area is 191 Å². The van der Waals surface area contributed by atoms with Crippen LogP contribution in [0, 0.1) is 0 Å². The standard InChI is InChI=1S/C24H23N5O2S/c1-2-3-15-31-20-12-9-17(10-13-20)23(30)26-24(32)25-18-11-14-21-22(16-18)28-29(27-21)19-7-5-4-6-8-19/h4-14,16H,2-3,15H2,1H3,(H2,25,26,30,32). The minimum atomic E-state index is -0.293. The Morgan fingerprint density at radius 1 is 1.00 bits per heavy atom. The van der Waals surface area contributed by atoms with Crippen molar-refractivity contribution in [1.29, 1.82) is 0 Å². The number of ether oxygens (including phenoxy) is 1. The van der Waals surface area contributed by atoms with E-state index in [-0.39, 0.29) is 11.0 Å². The van der Waals surface area contributed by atoms with Crippen LogP contribution in [0.15, 0.2) is 72.8 Å². The van der Waals surface area contributed by atoms with Gasteiger partial charge in [-0.3, -0.25) is 10.1 Å². The van der Waals surface area contributed by atoms with Gasteiger partial charge in [-0.2, -0.15) is 4.80 Å². The van der Waals surface area contributed by atoms with Crippen LogP contribution in [-0.4, -0.2) is 32.6 Å². The van der Waals surface area contributed by atoms with Crippen LogP contribution in [0.5, 0.6) is 5.75 Å². The average Bonchev–Trinajstić information content (AvgIpc) is 3.24. The molecule has 0 aliphatic heterocycles. The number of nitrogens with zero attached hydrogens (tertiary/aromatic N) is 3. The molecule has 1 aromatic heterocycles. The Kier molecular flexibility index (Phi) is 6.72. The highest BCUT2D eigenvalue weighted by atomic mass is 32.1. The summed E-state index contributed by atoms with van der Waals surface area (Å²) in [4.78, 5) is 14.1. The van der Waals surface area contributed by atoms with E-state index in [0.717, 1.165) is 29.8 Å². The van der Waals surface area contributed by atoms with Crippen molar-refractivity contribution in [3.05, 3.63) is 78.4 Å². The summed E-state index contributed by atoms with van der Waals surface area (Å²) < 4.78 is 5.62. The highest BCUT2D eigenvalue weighted by Crippen LogP contribution is 2.18. The highest BCUT2D eigenvalue weighted by Gasteiger charge is 2.10. The molecule has 0 spiro atoms. The number of hydrogen-bond donors (Lipinski definition) is 2. The number of benzene rings is 3. The zero-order valence-electron chi connectivity index (χ0n) is 17.6. The number of aromatic nitrogens is 3. The molecule has 0 aliphatic rings. The second-order valence-electron chi connectivity index (χ2n) is 7.16. The second kappa shape index (κ2) is 10.0. The number of carbonyl (C=O) groups is 1. The molecule has 162 valence electrons. The minimum absolute atomic E-state index is 0.202. The summed E-state index contributed by atoms with van der Waals surface area (Å²) in [6, 6.07) is 22.2. The van der Waals surface area contributed by atoms with E-state index in [4.69, 9.17) is 17.0 Å². The third kappa shape index (κ3) is 5.28. The summed E-state index contributed by atoms with van der Waals surface area (Å²) >= 11 is 5.30. The largest absolute Gasteiger partial charge is 0.494 e. The third-order valence-electron chi connectivity index (χ3n) is 4.74. The van der Waals surface area contributed by atoms with Gasteiger partial charge in [-0.15, -0.1) is 10.2 Å². The molecule has 2 N–H and O–H groups in total. The van der Waals surface area contributed by atoms with Gasteiger partial charge in [0.25, 0.3) is 5.91 Å². The number of nitrogens with one attached hydrogen (secondary N) is 2. The summed E-state index contributed by atoms with van der Waals surface area (Å²) in [7, 11) is 0. The first-order valence-corrected chi connectivity index (χ1v) is 10.8. The Morgan fingerprint density at radius 2 is 1.75 bits per heavy atom. The maximum Gasteiger partial charge on any atom is 0.257 e. The molecule has 0 unspecified atom stereocenters. The number of hydrogen-bond acceptors (Lipinski definition) is 5. The molecule has 0 atom stereocenters. The van der Waals surface area contributed by atoms with Crippen molar-refractivity contribution in [3.63, 3.8) is 0 Å². The molecule has 1 heterocycles. The number of thiocarbonyl (C=S) groups is 1. The number of amides is 1. The van der Waals surface area contributed by atoms with Gasteiger partial charge in [0.1, 0.15) is 16.8 Å². The smallest absolute Gasteiger partial charge is 0.257 e. The van der Waals surface area contributed by atoms with E-state index in [1.54, 1.807) is 29.1 Å². The molecule has 8 heteroatoms. The van der Waals surface area contributed by atoms with Gasteiger partial charge in [0, 0.05) is 11.3 Å². The fourth-order valence-corrected chi connectivity index (χ4v) is 3.25. The zero-order chi connectivity index (χ0) is 22.3. The fraction of sp³-hybridized carbons (Fsp3) is 0.167. The maximum absolute atomic E-state index is 12.5. The van der Waals surface area contributed by atoms with Crippen LogP contribution in [0.1, 0.15) is 30.1 Å². The van der Waals surface area contributed by atoms with E-state index >= 15 is 0 Å². The topological polar surface area (TPSA) is 81.1 Å². The predicted octanol–water partition coefficient (Wildman–Crippen LogP) is 4.73. The van der Waals surface area contributed by atoms with Crippen molar-refractivity contribution in [2.24, 2.45) is 0 Å². The Hall–Kier alpha value is -3.78. The fourth-order valence-electron chi connectivity index (χ4n) is 3.04. The Bertz CT molecular complexity index is 1220. The molecule has 32 heavy (non-hydrogen) atoms. The molecule has 0 radical (unpaired) electrons. The van der Waals surface area contributed by atoms with Crippen LogP contribution < -0.4 is 15.4 Å². The normalized spacial score (nSPS) is 10.7. The number of unbranched alkanes of at least 4 members (excludes halogenated alkanes) is 1. The molecule has 1 amide bonds. The number of fused-ring (bicyclic) bond motifs is 1. The lowest BCUT2D eigenvalue weighted by molar-refractivity contribution is 0.0977. The van der Waals surface area contributed by atoms with Gasteiger partial charge in [0.15, 0.2) is 5.11 Å². The van der Waals surface area contributed by atoms with E-state index < -0.39 is 0 Å². The quantitative estimate of drug-likeness (QED) is 0.316. The van der Waals surface area contributed by atoms with Crippen LogP contribution in [0.25, 0.3) is 16.7 Å². The van der Waals surface area contributed by atoms with Gasteiger partial charge in [0.05, 0.1) is 12.3 Å². The summed E-state index contributed by atoms with van der Waals surface area (Å²) in [5.74, 6) is 0.450. The molecule has 0 fully saturated rings. The van der Waals surface area contributed by atoms with Crippen LogP contribution in [0.2, 0.25) is 0 Å². The predicted molar refractivity (Wildman–Crippen MR) is 129 cm³/mol. The van der Waals surface area contributed by atoms with Crippen molar-refractivity contribution < 1.29 is 9.53 Å². The number of para-hydroxylation sites is 1. The summed E-state index contributed by atoms with van der Waals surface area (Å²) in [5, 5.41) is 14.9. The molecule has 4 rings (SSSR count). The average molecular weight is 446 g/mol. The van der Waals surface area contributed by atoms with E-state index in [0.29, 0.717) is 23.4 Å². The van der Waals surface area contributed by atoms with Gasteiger partial charge in [-0.1, -0.05) is 31.5 Å². The number of anilines is 1. The third-order valence-corrected chi connectivity index (χ3v) is 4.94. The maximum atomic E-state index is 12.5. The van der Waals surface area contributed by atoms with Crippen molar-refractivity contribution in [3.8, 4) is 11.4 Å². The lowest BCUT2D eigenvalue weighted by Crippen LogP contribution is -2.34. The highest BCUT2D eigenvalue weighted by molar-refractivity contribution is 7.80. The Morgan fingerprint density at radius 3 is 2.50 bits per heavy atom. The molecular weight excluding hydrogens is 422 g/mol. The number of carbonyl (C=O) groups excluding carboxylic acids is 1. The first-order valence-electron chi connectivity index (χ1n) is 10.4. The molecule has 0 aliphatic carbocycles. The molecule has 0 saturated heterocycles. The molecule has 0 bridgehead atoms. The second-order valence-corrected chi connectivity index (χ2v) is 7.57. The van der Waals surface area contributed by atoms with Crippen molar-refractivity contribution in [2.75, 3.05) is 11.9 Å². The first kappa shape index (κ1) is 21.5. The van der Waals surface area contributed by atoms with E-state index in [2.05, 4.69) is 27.8 Å². The van der Waals surface area contributed by atoms with Gasteiger partial charge in [0.2, 0.25) is 0 Å². The van der Waals surface area contributed by atoms with E-state index in [1.807, 2.05) is 48.5 Å². The lowest BCUT2D eigenvalue weighted by atomic mass is 10.2. The summed E-state index contributed by atoms with van der Waals surface area (Å²) in [6.07, 6.45) is 2.07. The molecule has 7 nitrogen and oxygen atoms in total. The van der Waals surface area contributed by atoms with Gasteiger partial charge in [-0.05, 0) is 73.2 Å².